The molecule has 0 amide bonds. The minimum Gasteiger partial charge on any atom is -0.437 e. The van der Waals surface area contributed by atoms with Gasteiger partial charge in [-0.1, -0.05) is 171 Å². The molecule has 0 aliphatic carbocycles. The van der Waals surface area contributed by atoms with Gasteiger partial charge in [-0.2, -0.15) is 0 Å². The first kappa shape index (κ1) is 37.6. The SMILES string of the molecule is C=Cc1ccc(COC(c2ccc(C(OCc3ccc(C=C)cc3)P3(=O)Oc4ccccc4-c4ccccc43)cc2)P2(=O)Oc3ccccc3-c3ccccc32)cc1. The van der Waals surface area contributed by atoms with E-state index in [1.807, 2.05) is 170 Å². The smallest absolute Gasteiger partial charge is 0.310 e. The molecule has 0 saturated carbocycles. The number of para-hydroxylation sites is 2. The van der Waals surface area contributed by atoms with Gasteiger partial charge in [-0.25, -0.2) is 0 Å². The van der Waals surface area contributed by atoms with Crippen LogP contribution < -0.4 is 19.7 Å². The summed E-state index contributed by atoms with van der Waals surface area (Å²) in [6.07, 6.45) is 3.58. The zero-order valence-corrected chi connectivity index (χ0v) is 33.4. The van der Waals surface area contributed by atoms with Gasteiger partial charge in [0.1, 0.15) is 11.5 Å². The highest BCUT2D eigenvalue weighted by atomic mass is 31.2. The van der Waals surface area contributed by atoms with Crippen molar-refractivity contribution < 1.29 is 27.7 Å². The summed E-state index contributed by atoms with van der Waals surface area (Å²) in [5.41, 5.74) is 8.49. The third kappa shape index (κ3) is 6.89. The second-order valence-electron chi connectivity index (χ2n) is 14.3. The summed E-state index contributed by atoms with van der Waals surface area (Å²) in [6.45, 7) is 8.09. The largest absolute Gasteiger partial charge is 0.437 e. The van der Waals surface area contributed by atoms with Gasteiger partial charge in [-0.15, -0.1) is 0 Å². The predicted molar refractivity (Wildman–Crippen MR) is 234 cm³/mol. The molecular formula is C50H40O6P2. The molecule has 7 aromatic rings. The van der Waals surface area contributed by atoms with Crippen LogP contribution in [0.3, 0.4) is 0 Å². The summed E-state index contributed by atoms with van der Waals surface area (Å²) < 4.78 is 57.9. The van der Waals surface area contributed by atoms with Crippen LogP contribution in [-0.2, 0) is 31.8 Å². The quantitative estimate of drug-likeness (QED) is 0.115. The van der Waals surface area contributed by atoms with Crippen molar-refractivity contribution in [3.05, 3.63) is 216 Å². The van der Waals surface area contributed by atoms with E-state index in [4.69, 9.17) is 18.5 Å². The van der Waals surface area contributed by atoms with Crippen LogP contribution in [0.1, 0.15) is 45.1 Å². The summed E-state index contributed by atoms with van der Waals surface area (Å²) in [6, 6.07) is 53.9. The van der Waals surface area contributed by atoms with Gasteiger partial charge in [0.05, 0.1) is 23.8 Å². The van der Waals surface area contributed by atoms with Gasteiger partial charge >= 0.3 is 14.7 Å². The molecule has 0 fully saturated rings. The molecular weight excluding hydrogens is 758 g/mol. The predicted octanol–water partition coefficient (Wildman–Crippen LogP) is 12.7. The molecule has 0 aromatic heterocycles. The van der Waals surface area contributed by atoms with Crippen LogP contribution >= 0.6 is 14.7 Å². The lowest BCUT2D eigenvalue weighted by molar-refractivity contribution is 0.0838. The second kappa shape index (κ2) is 15.7. The van der Waals surface area contributed by atoms with E-state index in [0.717, 1.165) is 44.5 Å². The second-order valence-corrected chi connectivity index (χ2v) is 18.9. The van der Waals surface area contributed by atoms with Gasteiger partial charge in [-0.3, -0.25) is 9.13 Å². The Kier molecular flexibility index (Phi) is 10.2. The summed E-state index contributed by atoms with van der Waals surface area (Å²) in [5, 5.41) is 1.17. The lowest BCUT2D eigenvalue weighted by Gasteiger charge is -2.35. The van der Waals surface area contributed by atoms with Gasteiger partial charge in [-0.05, 0) is 68.8 Å². The van der Waals surface area contributed by atoms with Crippen molar-refractivity contribution in [3.63, 3.8) is 0 Å². The number of fused-ring (bicyclic) bond motifs is 6. The van der Waals surface area contributed by atoms with Crippen molar-refractivity contribution >= 4 is 37.5 Å². The van der Waals surface area contributed by atoms with Gasteiger partial charge in [0.15, 0.2) is 11.7 Å². The van der Waals surface area contributed by atoms with E-state index < -0.39 is 26.4 Å². The normalized spacial score (nSPS) is 18.5. The van der Waals surface area contributed by atoms with Gasteiger partial charge < -0.3 is 18.5 Å². The maximum absolute atomic E-state index is 15.7. The van der Waals surface area contributed by atoms with E-state index in [2.05, 4.69) is 13.2 Å². The Bertz CT molecular complexity index is 2550. The van der Waals surface area contributed by atoms with Crippen molar-refractivity contribution in [2.75, 3.05) is 0 Å². The highest BCUT2D eigenvalue weighted by molar-refractivity contribution is 7.68. The third-order valence-electron chi connectivity index (χ3n) is 10.7. The van der Waals surface area contributed by atoms with E-state index in [1.165, 1.54) is 0 Å². The average molecular weight is 799 g/mol. The van der Waals surface area contributed by atoms with Crippen LogP contribution in [0.25, 0.3) is 34.4 Å². The van der Waals surface area contributed by atoms with Crippen LogP contribution in [-0.4, -0.2) is 0 Å². The molecule has 6 nitrogen and oxygen atoms in total. The Morgan fingerprint density at radius 2 is 0.793 bits per heavy atom. The van der Waals surface area contributed by atoms with Crippen LogP contribution in [0.15, 0.2) is 183 Å². The molecule has 286 valence electrons. The minimum atomic E-state index is -3.79. The van der Waals surface area contributed by atoms with Crippen LogP contribution in [0.4, 0.5) is 0 Å². The first-order chi connectivity index (χ1) is 28.4. The first-order valence-electron chi connectivity index (χ1n) is 19.1. The molecule has 0 spiro atoms. The Balaban J connectivity index is 1.13. The monoisotopic (exact) mass is 798 g/mol. The molecule has 2 heterocycles. The fourth-order valence-electron chi connectivity index (χ4n) is 7.68. The third-order valence-corrected chi connectivity index (χ3v) is 15.9. The molecule has 8 heteroatoms. The first-order valence-corrected chi connectivity index (χ1v) is 22.5. The van der Waals surface area contributed by atoms with E-state index >= 15 is 9.13 Å². The Morgan fingerprint density at radius 1 is 0.448 bits per heavy atom. The van der Waals surface area contributed by atoms with Crippen LogP contribution in [0.5, 0.6) is 11.5 Å². The number of benzene rings is 7. The van der Waals surface area contributed by atoms with Crippen molar-refractivity contribution in [3.8, 4) is 33.8 Å². The van der Waals surface area contributed by atoms with Crippen molar-refractivity contribution in [1.82, 2.24) is 0 Å². The fraction of sp³-hybridized carbons (Fsp3) is 0.0800. The molecule has 9 rings (SSSR count). The summed E-state index contributed by atoms with van der Waals surface area (Å²) in [7, 11) is -7.59. The molecule has 2 aliphatic heterocycles. The standard InChI is InChI=1S/C50H40O6P2/c1-3-35-21-25-37(26-22-35)33-53-49(57(51)47-19-11-7-15-43(47)41-13-5-9-17-45(41)55-57)39-29-31-40(32-30-39)50(54-34-38-27-23-36(4-2)24-28-38)58(52)48-20-12-8-16-44(48)42-14-6-10-18-46(42)56-58/h3-32,49-50H,1-2,33-34H2. The molecule has 7 aromatic carbocycles. The van der Waals surface area contributed by atoms with Crippen LogP contribution in [0.2, 0.25) is 0 Å². The molecule has 0 N–H and O–H groups in total. The molecule has 58 heavy (non-hydrogen) atoms. The molecule has 4 atom stereocenters. The number of hydrogen-bond acceptors (Lipinski definition) is 6. The zero-order valence-electron chi connectivity index (χ0n) is 31.6. The molecule has 4 unspecified atom stereocenters. The topological polar surface area (TPSA) is 71.1 Å². The molecule has 0 radical (unpaired) electrons. The minimum absolute atomic E-state index is 0.177. The van der Waals surface area contributed by atoms with Crippen LogP contribution in [0, 0.1) is 0 Å². The van der Waals surface area contributed by atoms with Gasteiger partial charge in [0, 0.05) is 11.1 Å². The maximum Gasteiger partial charge on any atom is 0.310 e. The summed E-state index contributed by atoms with van der Waals surface area (Å²) >= 11 is 0. The van der Waals surface area contributed by atoms with E-state index in [-0.39, 0.29) is 13.2 Å². The van der Waals surface area contributed by atoms with Crippen molar-refractivity contribution in [2.45, 2.75) is 24.9 Å². The summed E-state index contributed by atoms with van der Waals surface area (Å²) in [5.74, 6) is -0.919. The van der Waals surface area contributed by atoms with Gasteiger partial charge in [0.25, 0.3) is 0 Å². The highest BCUT2D eigenvalue weighted by Gasteiger charge is 2.47. The van der Waals surface area contributed by atoms with E-state index in [9.17, 15) is 0 Å². The zero-order chi connectivity index (χ0) is 39.7. The lowest BCUT2D eigenvalue weighted by Crippen LogP contribution is -2.24. The molecule has 0 saturated heterocycles. The number of ether oxygens (including phenoxy) is 2. The van der Waals surface area contributed by atoms with E-state index in [1.54, 1.807) is 12.2 Å². The Morgan fingerprint density at radius 3 is 1.17 bits per heavy atom. The lowest BCUT2D eigenvalue weighted by atomic mass is 10.0. The van der Waals surface area contributed by atoms with Gasteiger partial charge in [0.2, 0.25) is 0 Å². The fourth-order valence-corrected chi connectivity index (χ4v) is 12.8. The number of rotatable bonds is 12. The molecule has 0 bridgehead atoms. The summed E-state index contributed by atoms with van der Waals surface area (Å²) in [4.78, 5) is 0. The average Bonchev–Trinajstić information content (AvgIpc) is 3.27. The number of hydrogen-bond donors (Lipinski definition) is 0. The Hall–Kier alpha value is -6.00. The van der Waals surface area contributed by atoms with E-state index in [0.29, 0.717) is 33.2 Å². The van der Waals surface area contributed by atoms with Crippen molar-refractivity contribution in [1.29, 1.82) is 0 Å². The molecule has 2 aliphatic rings. The maximum atomic E-state index is 15.7. The van der Waals surface area contributed by atoms with Crippen molar-refractivity contribution in [2.24, 2.45) is 0 Å². The Labute approximate surface area is 339 Å². The highest BCUT2D eigenvalue weighted by Crippen LogP contribution is 2.66.